The maximum Gasteiger partial charge on any atom is 0.122 e. The molecule has 4 nitrogen and oxygen atoms in total. The van der Waals surface area contributed by atoms with E-state index in [2.05, 4.69) is 49.4 Å². The number of benzene rings is 1. The Morgan fingerprint density at radius 1 is 1.29 bits per heavy atom. The second-order valence-corrected chi connectivity index (χ2v) is 5.48. The summed E-state index contributed by atoms with van der Waals surface area (Å²) in [6.07, 6.45) is 3.08. The monoisotopic (exact) mass is 287 g/mol. The van der Waals surface area contributed by atoms with Gasteiger partial charge in [0.1, 0.15) is 5.75 Å². The Balaban J connectivity index is 2.43. The molecule has 0 radical (unpaired) electrons. The summed E-state index contributed by atoms with van der Waals surface area (Å²) in [6.45, 7) is 7.35. The number of methoxy groups -OCH3 is 1. The van der Waals surface area contributed by atoms with Gasteiger partial charge in [0, 0.05) is 13.2 Å². The molecule has 4 heteroatoms. The van der Waals surface area contributed by atoms with Crippen LogP contribution in [0, 0.1) is 13.8 Å². The molecule has 1 aromatic carbocycles. The molecule has 1 unspecified atom stereocenters. The highest BCUT2D eigenvalue weighted by atomic mass is 16.5. The summed E-state index contributed by atoms with van der Waals surface area (Å²) in [4.78, 5) is 0. The predicted octanol–water partition coefficient (Wildman–Crippen LogP) is 3.13. The van der Waals surface area contributed by atoms with E-state index in [-0.39, 0.29) is 6.04 Å². The van der Waals surface area contributed by atoms with Gasteiger partial charge in [-0.15, -0.1) is 0 Å². The topological polar surface area (TPSA) is 39.1 Å². The Labute approximate surface area is 127 Å². The van der Waals surface area contributed by atoms with Gasteiger partial charge in [0.15, 0.2) is 0 Å². The Hall–Kier alpha value is -1.81. The van der Waals surface area contributed by atoms with E-state index in [1.165, 1.54) is 11.1 Å². The quantitative estimate of drug-likeness (QED) is 0.887. The molecule has 0 spiro atoms. The second kappa shape index (κ2) is 6.76. The maximum atomic E-state index is 5.41. The van der Waals surface area contributed by atoms with Crippen LogP contribution in [0.15, 0.2) is 24.4 Å². The predicted molar refractivity (Wildman–Crippen MR) is 85.8 cm³/mol. The minimum atomic E-state index is 0.121. The van der Waals surface area contributed by atoms with Crippen LogP contribution in [-0.2, 0) is 7.05 Å². The van der Waals surface area contributed by atoms with E-state index in [1.807, 2.05) is 17.9 Å². The molecular formula is C17H25N3O. The van der Waals surface area contributed by atoms with Gasteiger partial charge in [-0.2, -0.15) is 5.10 Å². The van der Waals surface area contributed by atoms with Crippen LogP contribution in [-0.4, -0.2) is 23.4 Å². The van der Waals surface area contributed by atoms with Gasteiger partial charge in [0.25, 0.3) is 0 Å². The fraction of sp³-hybridized carbons (Fsp3) is 0.471. The van der Waals surface area contributed by atoms with Crippen LogP contribution in [0.4, 0.5) is 0 Å². The Kier molecular flexibility index (Phi) is 5.02. The van der Waals surface area contributed by atoms with Crippen LogP contribution in [0.1, 0.15) is 41.8 Å². The first-order valence-electron chi connectivity index (χ1n) is 7.44. The zero-order valence-electron chi connectivity index (χ0n) is 13.6. The normalized spacial score (nSPS) is 12.4. The molecule has 1 N–H and O–H groups in total. The third kappa shape index (κ3) is 3.45. The molecule has 0 aliphatic heterocycles. The molecule has 0 aliphatic carbocycles. The number of hydrogen-bond acceptors (Lipinski definition) is 3. The van der Waals surface area contributed by atoms with E-state index in [9.17, 15) is 0 Å². The summed E-state index contributed by atoms with van der Waals surface area (Å²) in [5, 5.41) is 8.18. The number of nitrogens with zero attached hydrogens (tertiary/aromatic N) is 2. The SMILES string of the molecule is CCCNC(c1ccn(C)n1)c1cc(C)c(OC)cc1C. The zero-order valence-corrected chi connectivity index (χ0v) is 13.6. The van der Waals surface area contributed by atoms with Crippen molar-refractivity contribution in [3.8, 4) is 5.75 Å². The van der Waals surface area contributed by atoms with Gasteiger partial charge in [0.2, 0.25) is 0 Å². The van der Waals surface area contributed by atoms with E-state index in [0.717, 1.165) is 30.0 Å². The van der Waals surface area contributed by atoms with E-state index in [1.54, 1.807) is 7.11 Å². The molecule has 1 atom stereocenters. The molecular weight excluding hydrogens is 262 g/mol. The van der Waals surface area contributed by atoms with Crippen LogP contribution in [0.3, 0.4) is 0 Å². The fourth-order valence-electron chi connectivity index (χ4n) is 2.59. The third-order valence-electron chi connectivity index (χ3n) is 3.72. The van der Waals surface area contributed by atoms with Crippen LogP contribution in [0.2, 0.25) is 0 Å². The largest absolute Gasteiger partial charge is 0.496 e. The summed E-state index contributed by atoms with van der Waals surface area (Å²) >= 11 is 0. The second-order valence-electron chi connectivity index (χ2n) is 5.48. The first-order chi connectivity index (χ1) is 10.1. The van der Waals surface area contributed by atoms with Crippen LogP contribution < -0.4 is 10.1 Å². The van der Waals surface area contributed by atoms with E-state index >= 15 is 0 Å². The van der Waals surface area contributed by atoms with Crippen LogP contribution >= 0.6 is 0 Å². The van der Waals surface area contributed by atoms with Crippen molar-refractivity contribution in [2.45, 2.75) is 33.2 Å². The molecule has 0 saturated heterocycles. The van der Waals surface area contributed by atoms with Crippen molar-refractivity contribution >= 4 is 0 Å². The number of hydrogen-bond donors (Lipinski definition) is 1. The molecule has 0 saturated carbocycles. The first-order valence-corrected chi connectivity index (χ1v) is 7.44. The number of ether oxygens (including phenoxy) is 1. The average molecular weight is 287 g/mol. The standard InChI is InChI=1S/C17H25N3O/c1-6-8-18-17(15-7-9-20(4)19-15)14-10-13(3)16(21-5)11-12(14)2/h7,9-11,17-18H,6,8H2,1-5H3. The van der Waals surface area contributed by atoms with Crippen molar-refractivity contribution in [2.75, 3.05) is 13.7 Å². The highest BCUT2D eigenvalue weighted by Crippen LogP contribution is 2.29. The first kappa shape index (κ1) is 15.6. The van der Waals surface area contributed by atoms with E-state index < -0.39 is 0 Å². The molecule has 0 aliphatic rings. The lowest BCUT2D eigenvalue weighted by Crippen LogP contribution is -2.24. The summed E-state index contributed by atoms with van der Waals surface area (Å²) < 4.78 is 7.26. The Bertz CT molecular complexity index is 604. The highest BCUT2D eigenvalue weighted by molar-refractivity contribution is 5.44. The molecule has 1 heterocycles. The number of nitrogens with one attached hydrogen (secondary N) is 1. The van der Waals surface area contributed by atoms with Crippen LogP contribution in [0.5, 0.6) is 5.75 Å². The number of aryl methyl sites for hydroxylation is 3. The smallest absolute Gasteiger partial charge is 0.122 e. The molecule has 0 amide bonds. The zero-order chi connectivity index (χ0) is 15.4. The Morgan fingerprint density at radius 2 is 2.05 bits per heavy atom. The summed E-state index contributed by atoms with van der Waals surface area (Å²) in [5.74, 6) is 0.937. The van der Waals surface area contributed by atoms with Gasteiger partial charge >= 0.3 is 0 Å². The Morgan fingerprint density at radius 3 is 2.62 bits per heavy atom. The van der Waals surface area contributed by atoms with Gasteiger partial charge in [-0.05, 0) is 55.6 Å². The molecule has 2 aromatic rings. The highest BCUT2D eigenvalue weighted by Gasteiger charge is 2.19. The lowest BCUT2D eigenvalue weighted by molar-refractivity contribution is 0.411. The molecule has 0 bridgehead atoms. The minimum Gasteiger partial charge on any atom is -0.496 e. The lowest BCUT2D eigenvalue weighted by atomic mass is 9.96. The maximum absolute atomic E-state index is 5.41. The van der Waals surface area contributed by atoms with Crippen molar-refractivity contribution in [1.82, 2.24) is 15.1 Å². The van der Waals surface area contributed by atoms with Crippen molar-refractivity contribution in [3.63, 3.8) is 0 Å². The number of rotatable bonds is 6. The van der Waals surface area contributed by atoms with Crippen molar-refractivity contribution in [3.05, 3.63) is 46.8 Å². The molecule has 2 rings (SSSR count). The van der Waals surface area contributed by atoms with E-state index in [0.29, 0.717) is 0 Å². The van der Waals surface area contributed by atoms with Gasteiger partial charge in [-0.1, -0.05) is 13.0 Å². The third-order valence-corrected chi connectivity index (χ3v) is 3.72. The van der Waals surface area contributed by atoms with Gasteiger partial charge < -0.3 is 10.1 Å². The molecule has 1 aromatic heterocycles. The minimum absolute atomic E-state index is 0.121. The summed E-state index contributed by atoms with van der Waals surface area (Å²) in [5.41, 5.74) is 4.69. The van der Waals surface area contributed by atoms with Crippen molar-refractivity contribution in [2.24, 2.45) is 7.05 Å². The fourth-order valence-corrected chi connectivity index (χ4v) is 2.59. The van der Waals surface area contributed by atoms with Crippen LogP contribution in [0.25, 0.3) is 0 Å². The van der Waals surface area contributed by atoms with Gasteiger partial charge in [0.05, 0.1) is 18.8 Å². The number of aromatic nitrogens is 2. The molecule has 114 valence electrons. The average Bonchev–Trinajstić information content (AvgIpc) is 2.89. The molecule has 21 heavy (non-hydrogen) atoms. The summed E-state index contributed by atoms with van der Waals surface area (Å²) in [6, 6.07) is 6.51. The summed E-state index contributed by atoms with van der Waals surface area (Å²) in [7, 11) is 3.67. The van der Waals surface area contributed by atoms with Crippen molar-refractivity contribution < 1.29 is 4.74 Å². The lowest BCUT2D eigenvalue weighted by Gasteiger charge is -2.21. The van der Waals surface area contributed by atoms with Gasteiger partial charge in [-0.3, -0.25) is 4.68 Å². The van der Waals surface area contributed by atoms with E-state index in [4.69, 9.17) is 4.74 Å². The van der Waals surface area contributed by atoms with Gasteiger partial charge in [-0.25, -0.2) is 0 Å². The molecule has 0 fully saturated rings. The van der Waals surface area contributed by atoms with Crippen molar-refractivity contribution in [1.29, 1.82) is 0 Å².